The second-order valence-corrected chi connectivity index (χ2v) is 9.55. The van der Waals surface area contributed by atoms with Crippen molar-refractivity contribution >= 4 is 47.7 Å². The van der Waals surface area contributed by atoms with Crippen LogP contribution in [0.2, 0.25) is 0 Å². The highest BCUT2D eigenvalue weighted by Gasteiger charge is 2.06. The van der Waals surface area contributed by atoms with Crippen LogP contribution in [0.15, 0.2) is 152 Å². The number of carbonyl (C=O) groups excluding carboxylic acids is 1. The summed E-state index contributed by atoms with van der Waals surface area (Å²) in [4.78, 5) is 13.5. The first-order chi connectivity index (χ1) is 20.7. The van der Waals surface area contributed by atoms with Crippen molar-refractivity contribution in [3.05, 3.63) is 180 Å². The van der Waals surface area contributed by atoms with Crippen molar-refractivity contribution in [1.82, 2.24) is 0 Å². The molecule has 0 bridgehead atoms. The van der Waals surface area contributed by atoms with Gasteiger partial charge in [-0.15, -0.1) is 0 Å². The molecule has 204 valence electrons. The van der Waals surface area contributed by atoms with Gasteiger partial charge >= 0.3 is 5.97 Å². The number of esters is 1. The molecule has 5 aromatic rings. The Bertz CT molecular complexity index is 1680. The van der Waals surface area contributed by atoms with Crippen molar-refractivity contribution in [1.29, 1.82) is 0 Å². The SMILES string of the molecule is C=CC(=O)Oc1ccc(C=Cc2ccc(N(/C=C/c3ccc(/C=C/c4ccccc4)cc3)c3ccccc3)cc2)cc1. The Morgan fingerprint density at radius 1 is 0.500 bits per heavy atom. The number of anilines is 2. The third kappa shape index (κ3) is 7.93. The van der Waals surface area contributed by atoms with Crippen LogP contribution in [0, 0.1) is 0 Å². The van der Waals surface area contributed by atoms with Crippen LogP contribution in [-0.4, -0.2) is 5.97 Å². The van der Waals surface area contributed by atoms with Gasteiger partial charge in [0.1, 0.15) is 5.75 Å². The minimum atomic E-state index is -0.470. The lowest BCUT2D eigenvalue weighted by atomic mass is 10.1. The average Bonchev–Trinajstić information content (AvgIpc) is 3.05. The van der Waals surface area contributed by atoms with Gasteiger partial charge in [0.2, 0.25) is 0 Å². The molecule has 3 nitrogen and oxygen atoms in total. The van der Waals surface area contributed by atoms with E-state index in [1.54, 1.807) is 12.1 Å². The van der Waals surface area contributed by atoms with Crippen LogP contribution >= 0.6 is 0 Å². The van der Waals surface area contributed by atoms with Crippen molar-refractivity contribution < 1.29 is 9.53 Å². The summed E-state index contributed by atoms with van der Waals surface area (Å²) in [5.41, 5.74) is 7.69. The van der Waals surface area contributed by atoms with Crippen LogP contribution in [-0.2, 0) is 4.79 Å². The zero-order chi connectivity index (χ0) is 29.0. The highest BCUT2D eigenvalue weighted by atomic mass is 16.5. The van der Waals surface area contributed by atoms with Crippen LogP contribution in [0.3, 0.4) is 0 Å². The van der Waals surface area contributed by atoms with Crippen molar-refractivity contribution in [2.75, 3.05) is 4.90 Å². The van der Waals surface area contributed by atoms with Crippen LogP contribution in [0.5, 0.6) is 5.75 Å². The summed E-state index contributed by atoms with van der Waals surface area (Å²) >= 11 is 0. The summed E-state index contributed by atoms with van der Waals surface area (Å²) < 4.78 is 5.14. The lowest BCUT2D eigenvalue weighted by Gasteiger charge is -2.21. The largest absolute Gasteiger partial charge is 0.423 e. The number of benzene rings is 5. The molecule has 0 spiro atoms. The maximum Gasteiger partial charge on any atom is 0.335 e. The molecule has 3 heteroatoms. The van der Waals surface area contributed by atoms with E-state index in [4.69, 9.17) is 4.74 Å². The average molecular weight is 546 g/mol. The molecule has 0 saturated heterocycles. The third-order valence-electron chi connectivity index (χ3n) is 6.56. The fourth-order valence-corrected chi connectivity index (χ4v) is 4.29. The van der Waals surface area contributed by atoms with Gasteiger partial charge in [0.15, 0.2) is 0 Å². The first-order valence-electron chi connectivity index (χ1n) is 13.7. The topological polar surface area (TPSA) is 29.5 Å². The Hall–Kier alpha value is -5.67. The first-order valence-corrected chi connectivity index (χ1v) is 13.7. The number of nitrogens with zero attached hydrogens (tertiary/aromatic N) is 1. The van der Waals surface area contributed by atoms with E-state index in [1.807, 2.05) is 54.6 Å². The molecule has 0 fully saturated rings. The molecule has 5 rings (SSSR count). The highest BCUT2D eigenvalue weighted by molar-refractivity contribution is 5.83. The van der Waals surface area contributed by atoms with Crippen molar-refractivity contribution in [2.45, 2.75) is 0 Å². The molecule has 0 aliphatic carbocycles. The van der Waals surface area contributed by atoms with Crippen LogP contribution in [0.1, 0.15) is 27.8 Å². The Labute approximate surface area is 247 Å². The molecule has 0 aliphatic heterocycles. The fourth-order valence-electron chi connectivity index (χ4n) is 4.29. The van der Waals surface area contributed by atoms with Crippen molar-refractivity contribution in [3.8, 4) is 5.75 Å². The number of carbonyl (C=O) groups is 1. The molecule has 0 atom stereocenters. The van der Waals surface area contributed by atoms with E-state index in [1.165, 1.54) is 5.56 Å². The van der Waals surface area contributed by atoms with Crippen LogP contribution in [0.25, 0.3) is 30.4 Å². The van der Waals surface area contributed by atoms with Gasteiger partial charge in [-0.1, -0.05) is 128 Å². The number of ether oxygens (including phenoxy) is 1. The normalized spacial score (nSPS) is 11.2. The predicted octanol–water partition coefficient (Wildman–Crippen LogP) is 9.93. The molecule has 5 aromatic carbocycles. The van der Waals surface area contributed by atoms with E-state index in [-0.39, 0.29) is 0 Å². The maximum atomic E-state index is 11.4. The zero-order valence-corrected chi connectivity index (χ0v) is 23.2. The Morgan fingerprint density at radius 3 is 1.43 bits per heavy atom. The standard InChI is InChI=1S/C39H31NO2/c1-2-39(41)42-38-27-23-34(24-28-38)16-15-33-21-25-37(26-22-33)40(36-11-7-4-8-12-36)30-29-35-19-17-32(18-20-35)14-13-31-9-5-3-6-10-31/h2-30H,1H2/b14-13+,16-15?,30-29+. The highest BCUT2D eigenvalue weighted by Crippen LogP contribution is 2.27. The third-order valence-corrected chi connectivity index (χ3v) is 6.56. The van der Waals surface area contributed by atoms with Crippen molar-refractivity contribution in [2.24, 2.45) is 0 Å². The van der Waals surface area contributed by atoms with Crippen LogP contribution in [0.4, 0.5) is 11.4 Å². The van der Waals surface area contributed by atoms with E-state index in [2.05, 4.69) is 115 Å². The molecule has 0 aromatic heterocycles. The number of hydrogen-bond acceptors (Lipinski definition) is 3. The summed E-state index contributed by atoms with van der Waals surface area (Å²) in [7, 11) is 0. The molecule has 42 heavy (non-hydrogen) atoms. The Morgan fingerprint density at radius 2 is 0.905 bits per heavy atom. The van der Waals surface area contributed by atoms with Crippen molar-refractivity contribution in [3.63, 3.8) is 0 Å². The molecular weight excluding hydrogens is 514 g/mol. The monoisotopic (exact) mass is 545 g/mol. The summed E-state index contributed by atoms with van der Waals surface area (Å²) in [6.07, 6.45) is 13.7. The van der Waals surface area contributed by atoms with Gasteiger partial charge in [-0.3, -0.25) is 0 Å². The van der Waals surface area contributed by atoms with E-state index in [0.717, 1.165) is 39.7 Å². The lowest BCUT2D eigenvalue weighted by molar-refractivity contribution is -0.128. The second kappa shape index (κ2) is 14.1. The molecule has 0 heterocycles. The van der Waals surface area contributed by atoms with Gasteiger partial charge in [0.05, 0.1) is 0 Å². The van der Waals surface area contributed by atoms with Gasteiger partial charge in [0.25, 0.3) is 0 Å². The smallest absolute Gasteiger partial charge is 0.335 e. The predicted molar refractivity (Wildman–Crippen MR) is 177 cm³/mol. The van der Waals surface area contributed by atoms with E-state index in [9.17, 15) is 4.79 Å². The minimum absolute atomic E-state index is 0.470. The van der Waals surface area contributed by atoms with E-state index in [0.29, 0.717) is 5.75 Å². The van der Waals surface area contributed by atoms with E-state index >= 15 is 0 Å². The van der Waals surface area contributed by atoms with Gasteiger partial charge in [0, 0.05) is 23.7 Å². The molecule has 0 amide bonds. The summed E-state index contributed by atoms with van der Waals surface area (Å²) in [5, 5.41) is 0. The molecule has 0 radical (unpaired) electrons. The van der Waals surface area contributed by atoms with Gasteiger partial charge in [-0.05, 0) is 70.3 Å². The second-order valence-electron chi connectivity index (χ2n) is 9.55. The van der Waals surface area contributed by atoms with Gasteiger partial charge < -0.3 is 9.64 Å². The summed E-state index contributed by atoms with van der Waals surface area (Å²) in [6, 6.07) is 45.0. The quantitative estimate of drug-likeness (QED) is 0.0757. The number of para-hydroxylation sites is 1. The molecular formula is C39H31NO2. The van der Waals surface area contributed by atoms with Gasteiger partial charge in [-0.25, -0.2) is 4.79 Å². The van der Waals surface area contributed by atoms with Crippen LogP contribution < -0.4 is 9.64 Å². The Balaban J connectivity index is 1.28. The number of hydrogen-bond donors (Lipinski definition) is 0. The molecule has 0 aliphatic rings. The summed E-state index contributed by atoms with van der Waals surface area (Å²) in [6.45, 7) is 3.42. The first kappa shape index (κ1) is 27.9. The molecule has 0 unspecified atom stereocenters. The van der Waals surface area contributed by atoms with E-state index < -0.39 is 5.97 Å². The summed E-state index contributed by atoms with van der Waals surface area (Å²) in [5.74, 6) is 0.0222. The molecule has 0 N–H and O–H groups in total. The van der Waals surface area contributed by atoms with Gasteiger partial charge in [-0.2, -0.15) is 0 Å². The maximum absolute atomic E-state index is 11.4. The minimum Gasteiger partial charge on any atom is -0.423 e. The number of rotatable bonds is 10. The lowest BCUT2D eigenvalue weighted by Crippen LogP contribution is -2.08. The molecule has 0 saturated carbocycles. The Kier molecular flexibility index (Phi) is 9.36. The zero-order valence-electron chi connectivity index (χ0n) is 23.2. The fraction of sp³-hybridized carbons (Fsp3) is 0.